The molecule has 1 saturated heterocycles. The smallest absolute Gasteiger partial charge is 0.251 e. The first-order valence-corrected chi connectivity index (χ1v) is 7.91. The van der Waals surface area contributed by atoms with E-state index in [4.69, 9.17) is 0 Å². The van der Waals surface area contributed by atoms with E-state index in [1.165, 1.54) is 23.3 Å². The van der Waals surface area contributed by atoms with E-state index in [-0.39, 0.29) is 24.3 Å². The second kappa shape index (κ2) is 5.98. The van der Waals surface area contributed by atoms with Gasteiger partial charge >= 0.3 is 0 Å². The molecule has 1 heterocycles. The first kappa shape index (κ1) is 14.3. The molecule has 1 aliphatic heterocycles. The Morgan fingerprint density at radius 2 is 1.81 bits per heavy atom. The molecule has 112 valence electrons. The highest BCUT2D eigenvalue weighted by Crippen LogP contribution is 2.25. The molecule has 0 radical (unpaired) electrons. The van der Waals surface area contributed by atoms with E-state index in [0.29, 0.717) is 11.7 Å². The predicted molar refractivity (Wildman–Crippen MR) is 82.1 cm³/mol. The molecule has 0 aromatic heterocycles. The molecule has 2 aliphatic rings. The van der Waals surface area contributed by atoms with Crippen molar-refractivity contribution in [3.8, 4) is 0 Å². The molecule has 1 aromatic rings. The summed E-state index contributed by atoms with van der Waals surface area (Å²) in [6.45, 7) is 2.09. The number of nitrogens with zero attached hydrogens (tertiary/aromatic N) is 1. The largest absolute Gasteiger partial charge is 0.303 e. The van der Waals surface area contributed by atoms with E-state index in [1.807, 2.05) is 24.3 Å². The summed E-state index contributed by atoms with van der Waals surface area (Å²) in [6, 6.07) is 7.75. The number of hydrogen-bond acceptors (Lipinski definition) is 3. The molecular weight excluding hydrogens is 264 g/mol. The monoisotopic (exact) mass is 286 g/mol. The lowest BCUT2D eigenvalue weighted by molar-refractivity contribution is -0.121. The number of carbonyl (C=O) groups excluding carboxylic acids is 2. The average molecular weight is 286 g/mol. The normalized spacial score (nSPS) is 23.3. The summed E-state index contributed by atoms with van der Waals surface area (Å²) in [6.07, 6.45) is 5.90. The van der Waals surface area contributed by atoms with Crippen LogP contribution in [0.3, 0.4) is 0 Å². The van der Waals surface area contributed by atoms with Crippen LogP contribution in [0.15, 0.2) is 24.3 Å². The third-order valence-electron chi connectivity index (χ3n) is 4.54. The highest BCUT2D eigenvalue weighted by atomic mass is 16.2. The Labute approximate surface area is 125 Å². The Morgan fingerprint density at radius 1 is 1.14 bits per heavy atom. The molecule has 1 aromatic carbocycles. The maximum Gasteiger partial charge on any atom is 0.251 e. The molecule has 1 saturated carbocycles. The molecule has 0 bridgehead atoms. The van der Waals surface area contributed by atoms with Crippen molar-refractivity contribution in [3.63, 3.8) is 0 Å². The summed E-state index contributed by atoms with van der Waals surface area (Å²) < 4.78 is 0. The first-order valence-electron chi connectivity index (χ1n) is 7.91. The summed E-state index contributed by atoms with van der Waals surface area (Å²) in [5.74, 6) is -0.198. The minimum absolute atomic E-state index is 0.0975. The van der Waals surface area contributed by atoms with Crippen LogP contribution in [0.1, 0.15) is 44.6 Å². The standard InChI is InChI=1S/C17H22N2O2/c1-2-12-7-9-14(10-8-12)19-16(20)11-15(17(19)21)18-13-5-3-4-6-13/h7-10,13,15,18H,2-6,11H2,1H3/t15-/m1/s1. The first-order chi connectivity index (χ1) is 10.2. The lowest BCUT2D eigenvalue weighted by Gasteiger charge is -2.18. The number of hydrogen-bond donors (Lipinski definition) is 1. The molecule has 1 atom stereocenters. The number of anilines is 1. The number of imide groups is 1. The van der Waals surface area contributed by atoms with Crippen molar-refractivity contribution in [2.24, 2.45) is 0 Å². The zero-order chi connectivity index (χ0) is 14.8. The molecule has 0 spiro atoms. The van der Waals surface area contributed by atoms with Gasteiger partial charge in [-0.05, 0) is 37.0 Å². The van der Waals surface area contributed by atoms with Crippen molar-refractivity contribution >= 4 is 17.5 Å². The van der Waals surface area contributed by atoms with Crippen molar-refractivity contribution in [1.29, 1.82) is 0 Å². The average Bonchev–Trinajstić information content (AvgIpc) is 3.09. The maximum atomic E-state index is 12.5. The summed E-state index contributed by atoms with van der Waals surface area (Å²) >= 11 is 0. The Kier molecular flexibility index (Phi) is 4.06. The Bertz CT molecular complexity index is 532. The van der Waals surface area contributed by atoms with Crippen LogP contribution in [0.5, 0.6) is 0 Å². The highest BCUT2D eigenvalue weighted by Gasteiger charge is 2.40. The molecule has 0 unspecified atom stereocenters. The van der Waals surface area contributed by atoms with Gasteiger partial charge in [0.2, 0.25) is 5.91 Å². The summed E-state index contributed by atoms with van der Waals surface area (Å²) in [5.41, 5.74) is 1.90. The van der Waals surface area contributed by atoms with Crippen LogP contribution in [0, 0.1) is 0 Å². The summed E-state index contributed by atoms with van der Waals surface area (Å²) in [5, 5.41) is 3.37. The number of nitrogens with one attached hydrogen (secondary N) is 1. The van der Waals surface area contributed by atoms with Crippen molar-refractivity contribution in [1.82, 2.24) is 5.32 Å². The van der Waals surface area contributed by atoms with Crippen molar-refractivity contribution in [2.75, 3.05) is 4.90 Å². The fourth-order valence-corrected chi connectivity index (χ4v) is 3.29. The van der Waals surface area contributed by atoms with Gasteiger partial charge in [0, 0.05) is 6.04 Å². The number of carbonyl (C=O) groups is 2. The van der Waals surface area contributed by atoms with Gasteiger partial charge in [0.05, 0.1) is 18.2 Å². The molecule has 4 nitrogen and oxygen atoms in total. The van der Waals surface area contributed by atoms with Gasteiger partial charge in [-0.3, -0.25) is 9.59 Å². The van der Waals surface area contributed by atoms with E-state index >= 15 is 0 Å². The van der Waals surface area contributed by atoms with Gasteiger partial charge < -0.3 is 5.32 Å². The number of rotatable bonds is 4. The van der Waals surface area contributed by atoms with Gasteiger partial charge in [0.1, 0.15) is 0 Å². The van der Waals surface area contributed by atoms with Gasteiger partial charge in [0.25, 0.3) is 5.91 Å². The van der Waals surface area contributed by atoms with Crippen LogP contribution in [0.25, 0.3) is 0 Å². The van der Waals surface area contributed by atoms with Crippen LogP contribution in [0.4, 0.5) is 5.69 Å². The van der Waals surface area contributed by atoms with Crippen LogP contribution in [-0.2, 0) is 16.0 Å². The van der Waals surface area contributed by atoms with Crippen LogP contribution < -0.4 is 10.2 Å². The van der Waals surface area contributed by atoms with Gasteiger partial charge in [-0.2, -0.15) is 0 Å². The molecule has 1 N–H and O–H groups in total. The van der Waals surface area contributed by atoms with E-state index in [2.05, 4.69) is 12.2 Å². The zero-order valence-corrected chi connectivity index (χ0v) is 12.5. The quantitative estimate of drug-likeness (QED) is 0.865. The second-order valence-corrected chi connectivity index (χ2v) is 5.99. The third kappa shape index (κ3) is 2.86. The van der Waals surface area contributed by atoms with E-state index < -0.39 is 0 Å². The lowest BCUT2D eigenvalue weighted by Crippen LogP contribution is -2.42. The lowest BCUT2D eigenvalue weighted by atomic mass is 10.1. The van der Waals surface area contributed by atoms with Gasteiger partial charge in [-0.15, -0.1) is 0 Å². The Hall–Kier alpha value is -1.68. The zero-order valence-electron chi connectivity index (χ0n) is 12.5. The van der Waals surface area contributed by atoms with Crippen LogP contribution in [-0.4, -0.2) is 23.9 Å². The van der Waals surface area contributed by atoms with E-state index in [9.17, 15) is 9.59 Å². The van der Waals surface area contributed by atoms with Crippen molar-refractivity contribution in [3.05, 3.63) is 29.8 Å². The third-order valence-corrected chi connectivity index (χ3v) is 4.54. The molecule has 2 amide bonds. The fourth-order valence-electron chi connectivity index (χ4n) is 3.29. The highest BCUT2D eigenvalue weighted by molar-refractivity contribution is 6.22. The van der Waals surface area contributed by atoms with Gasteiger partial charge in [-0.1, -0.05) is 31.9 Å². The van der Waals surface area contributed by atoms with Gasteiger partial charge in [-0.25, -0.2) is 4.90 Å². The van der Waals surface area contributed by atoms with E-state index in [0.717, 1.165) is 19.3 Å². The molecule has 4 heteroatoms. The van der Waals surface area contributed by atoms with Crippen molar-refractivity contribution < 1.29 is 9.59 Å². The fraction of sp³-hybridized carbons (Fsp3) is 0.529. The molecule has 1 aliphatic carbocycles. The minimum Gasteiger partial charge on any atom is -0.303 e. The SMILES string of the molecule is CCc1ccc(N2C(=O)C[C@@H](NC3CCCC3)C2=O)cc1. The van der Waals surface area contributed by atoms with Gasteiger partial charge in [0.15, 0.2) is 0 Å². The Balaban J connectivity index is 1.73. The minimum atomic E-state index is -0.341. The van der Waals surface area contributed by atoms with Crippen LogP contribution in [0.2, 0.25) is 0 Å². The molecule has 21 heavy (non-hydrogen) atoms. The summed E-state index contributed by atoms with van der Waals surface area (Å²) in [4.78, 5) is 26.0. The maximum absolute atomic E-state index is 12.5. The Morgan fingerprint density at radius 3 is 2.43 bits per heavy atom. The summed E-state index contributed by atoms with van der Waals surface area (Å²) in [7, 11) is 0. The van der Waals surface area contributed by atoms with Crippen molar-refractivity contribution in [2.45, 2.75) is 57.5 Å². The number of aryl methyl sites for hydroxylation is 1. The molecule has 3 rings (SSSR count). The van der Waals surface area contributed by atoms with Crippen LogP contribution >= 0.6 is 0 Å². The predicted octanol–water partition coefficient (Wildman–Crippen LogP) is 2.41. The topological polar surface area (TPSA) is 49.4 Å². The van der Waals surface area contributed by atoms with E-state index in [1.54, 1.807) is 0 Å². The second-order valence-electron chi connectivity index (χ2n) is 5.99. The number of benzene rings is 1. The molecule has 2 fully saturated rings. The number of amides is 2. The molecular formula is C17H22N2O2.